The highest BCUT2D eigenvalue weighted by Gasteiger charge is 2.17. The van der Waals surface area contributed by atoms with Gasteiger partial charge in [0.1, 0.15) is 6.61 Å². The smallest absolute Gasteiger partial charge is 0.360 e. The maximum Gasteiger partial charge on any atom is 0.360 e. The lowest BCUT2D eigenvalue weighted by Gasteiger charge is -2.00. The fourth-order valence-electron chi connectivity index (χ4n) is 1.48. The molecule has 94 valence electrons. The molecular formula is C12H12N2O4. The van der Waals surface area contributed by atoms with E-state index >= 15 is 0 Å². The third-order valence-corrected chi connectivity index (χ3v) is 2.25. The predicted molar refractivity (Wildman–Crippen MR) is 63.1 cm³/mol. The van der Waals surface area contributed by atoms with Crippen LogP contribution in [-0.2, 0) is 0 Å². The van der Waals surface area contributed by atoms with Crippen LogP contribution >= 0.6 is 0 Å². The molecule has 18 heavy (non-hydrogen) atoms. The highest BCUT2D eigenvalue weighted by Crippen LogP contribution is 2.19. The summed E-state index contributed by atoms with van der Waals surface area (Å²) in [5.41, 5.74) is 0.561. The van der Waals surface area contributed by atoms with Crippen molar-refractivity contribution in [1.29, 1.82) is 0 Å². The van der Waals surface area contributed by atoms with Gasteiger partial charge in [0, 0.05) is 0 Å². The lowest BCUT2D eigenvalue weighted by Crippen LogP contribution is -2.06. The monoisotopic (exact) mass is 248 g/mol. The van der Waals surface area contributed by atoms with E-state index < -0.39 is 5.97 Å². The molecule has 0 saturated heterocycles. The minimum absolute atomic E-state index is 0.0285. The average Bonchev–Trinajstić information content (AvgIpc) is 2.81. The lowest BCUT2D eigenvalue weighted by atomic mass is 10.3. The van der Waals surface area contributed by atoms with Crippen molar-refractivity contribution in [3.05, 3.63) is 42.2 Å². The van der Waals surface area contributed by atoms with Crippen LogP contribution in [0.15, 0.2) is 36.5 Å². The molecule has 2 N–H and O–H groups in total. The van der Waals surface area contributed by atoms with Crippen molar-refractivity contribution in [2.75, 3.05) is 13.2 Å². The second kappa shape index (κ2) is 5.33. The standard InChI is InChI=1S/C12H12N2O4/c15-6-7-18-10-8-14(13-11(10)12(16)17)9-4-2-1-3-5-9/h1-5,8,15H,6-7H2,(H,16,17). The number of rotatable bonds is 5. The van der Waals surface area contributed by atoms with E-state index in [9.17, 15) is 4.79 Å². The number of aromatic nitrogens is 2. The van der Waals surface area contributed by atoms with Gasteiger partial charge in [-0.25, -0.2) is 9.48 Å². The van der Waals surface area contributed by atoms with Gasteiger partial charge in [-0.1, -0.05) is 18.2 Å². The van der Waals surface area contributed by atoms with Gasteiger partial charge in [0.2, 0.25) is 5.69 Å². The third-order valence-electron chi connectivity index (χ3n) is 2.25. The van der Waals surface area contributed by atoms with E-state index in [1.165, 1.54) is 10.9 Å². The summed E-state index contributed by atoms with van der Waals surface area (Å²) < 4.78 is 6.56. The molecule has 6 heteroatoms. The maximum atomic E-state index is 11.0. The largest absolute Gasteiger partial charge is 0.487 e. The summed E-state index contributed by atoms with van der Waals surface area (Å²) >= 11 is 0. The quantitative estimate of drug-likeness (QED) is 0.822. The molecule has 0 bridgehead atoms. The zero-order valence-electron chi connectivity index (χ0n) is 9.48. The van der Waals surface area contributed by atoms with Gasteiger partial charge in [-0.3, -0.25) is 0 Å². The molecule has 1 aromatic carbocycles. The summed E-state index contributed by atoms with van der Waals surface area (Å²) in [6.07, 6.45) is 1.48. The van der Waals surface area contributed by atoms with Crippen molar-refractivity contribution in [2.24, 2.45) is 0 Å². The first-order valence-electron chi connectivity index (χ1n) is 5.34. The summed E-state index contributed by atoms with van der Waals surface area (Å²) in [5, 5.41) is 21.6. The van der Waals surface area contributed by atoms with Crippen LogP contribution in [0, 0.1) is 0 Å². The molecule has 0 radical (unpaired) electrons. The van der Waals surface area contributed by atoms with Gasteiger partial charge in [0.15, 0.2) is 5.75 Å². The zero-order chi connectivity index (χ0) is 13.0. The highest BCUT2D eigenvalue weighted by molar-refractivity contribution is 5.88. The molecule has 0 aliphatic carbocycles. The number of para-hydroxylation sites is 1. The normalized spacial score (nSPS) is 10.3. The number of aromatic carboxylic acids is 1. The number of carboxylic acid groups (broad SMARTS) is 1. The van der Waals surface area contributed by atoms with Crippen molar-refractivity contribution < 1.29 is 19.7 Å². The molecule has 0 atom stereocenters. The minimum Gasteiger partial charge on any atom is -0.487 e. The fraction of sp³-hybridized carbons (Fsp3) is 0.167. The summed E-state index contributed by atoms with van der Waals surface area (Å²) in [5.74, 6) is -1.03. The van der Waals surface area contributed by atoms with Crippen LogP contribution in [0.25, 0.3) is 5.69 Å². The number of ether oxygens (including phenoxy) is 1. The number of carbonyl (C=O) groups is 1. The fourth-order valence-corrected chi connectivity index (χ4v) is 1.48. The molecule has 0 amide bonds. The van der Waals surface area contributed by atoms with Gasteiger partial charge in [0.25, 0.3) is 0 Å². The van der Waals surface area contributed by atoms with E-state index in [-0.39, 0.29) is 24.7 Å². The van der Waals surface area contributed by atoms with Crippen LogP contribution in [0.4, 0.5) is 0 Å². The van der Waals surface area contributed by atoms with E-state index in [4.69, 9.17) is 14.9 Å². The number of hydrogen-bond acceptors (Lipinski definition) is 4. The van der Waals surface area contributed by atoms with E-state index in [1.807, 2.05) is 18.2 Å². The van der Waals surface area contributed by atoms with E-state index in [1.54, 1.807) is 12.1 Å². The van der Waals surface area contributed by atoms with Crippen molar-refractivity contribution in [2.45, 2.75) is 0 Å². The topological polar surface area (TPSA) is 84.6 Å². The number of nitrogens with zero attached hydrogens (tertiary/aromatic N) is 2. The first-order valence-corrected chi connectivity index (χ1v) is 5.34. The number of benzene rings is 1. The van der Waals surface area contributed by atoms with E-state index in [0.717, 1.165) is 5.69 Å². The predicted octanol–water partition coefficient (Wildman–Crippen LogP) is 0.942. The summed E-state index contributed by atoms with van der Waals surface area (Å²) in [6.45, 7) is -0.156. The zero-order valence-corrected chi connectivity index (χ0v) is 9.48. The highest BCUT2D eigenvalue weighted by atomic mass is 16.5. The van der Waals surface area contributed by atoms with Crippen LogP contribution < -0.4 is 4.74 Å². The van der Waals surface area contributed by atoms with Gasteiger partial charge < -0.3 is 14.9 Å². The second-order valence-corrected chi connectivity index (χ2v) is 3.50. The molecule has 0 aliphatic rings. The number of aliphatic hydroxyl groups excluding tert-OH is 1. The maximum absolute atomic E-state index is 11.0. The van der Waals surface area contributed by atoms with Crippen molar-refractivity contribution >= 4 is 5.97 Å². The van der Waals surface area contributed by atoms with Crippen LogP contribution in [0.2, 0.25) is 0 Å². The minimum atomic E-state index is -1.17. The summed E-state index contributed by atoms with van der Waals surface area (Å²) in [7, 11) is 0. The molecule has 1 aromatic heterocycles. The molecule has 2 rings (SSSR count). The Morgan fingerprint density at radius 3 is 2.67 bits per heavy atom. The number of hydrogen-bond donors (Lipinski definition) is 2. The molecule has 0 fully saturated rings. The van der Waals surface area contributed by atoms with E-state index in [2.05, 4.69) is 5.10 Å². The number of carboxylic acids is 1. The summed E-state index contributed by atoms with van der Waals surface area (Å²) in [6, 6.07) is 9.11. The molecule has 2 aromatic rings. The van der Waals surface area contributed by atoms with Crippen molar-refractivity contribution in [3.8, 4) is 11.4 Å². The van der Waals surface area contributed by atoms with Crippen LogP contribution in [0.1, 0.15) is 10.5 Å². The summed E-state index contributed by atoms with van der Waals surface area (Å²) in [4.78, 5) is 11.0. The van der Waals surface area contributed by atoms with Crippen LogP contribution in [-0.4, -0.2) is 39.2 Å². The van der Waals surface area contributed by atoms with Crippen LogP contribution in [0.5, 0.6) is 5.75 Å². The van der Waals surface area contributed by atoms with Gasteiger partial charge in [-0.2, -0.15) is 5.10 Å². The second-order valence-electron chi connectivity index (χ2n) is 3.50. The Bertz CT molecular complexity index is 536. The molecule has 6 nitrogen and oxygen atoms in total. The Morgan fingerprint density at radius 1 is 1.33 bits per heavy atom. The first kappa shape index (κ1) is 12.1. The lowest BCUT2D eigenvalue weighted by molar-refractivity contribution is 0.0684. The number of aliphatic hydroxyl groups is 1. The molecule has 0 saturated carbocycles. The van der Waals surface area contributed by atoms with Crippen LogP contribution in [0.3, 0.4) is 0 Å². The Balaban J connectivity index is 2.36. The van der Waals surface area contributed by atoms with Gasteiger partial charge >= 0.3 is 5.97 Å². The van der Waals surface area contributed by atoms with Gasteiger partial charge in [-0.15, -0.1) is 0 Å². The third kappa shape index (κ3) is 2.49. The Kier molecular flexibility index (Phi) is 3.59. The molecular weight excluding hydrogens is 236 g/mol. The molecule has 0 aliphatic heterocycles. The average molecular weight is 248 g/mol. The van der Waals surface area contributed by atoms with Crippen molar-refractivity contribution in [3.63, 3.8) is 0 Å². The van der Waals surface area contributed by atoms with Gasteiger partial charge in [0.05, 0.1) is 18.5 Å². The Morgan fingerprint density at radius 2 is 2.06 bits per heavy atom. The molecule has 0 spiro atoms. The van der Waals surface area contributed by atoms with Crippen molar-refractivity contribution in [1.82, 2.24) is 9.78 Å². The first-order chi connectivity index (χ1) is 8.72. The SMILES string of the molecule is O=C(O)c1nn(-c2ccccc2)cc1OCCO. The van der Waals surface area contributed by atoms with E-state index in [0.29, 0.717) is 0 Å². The van der Waals surface area contributed by atoms with Gasteiger partial charge in [-0.05, 0) is 12.1 Å². The molecule has 1 heterocycles. The Labute approximate surface area is 103 Å². The molecule has 0 unspecified atom stereocenters. The Hall–Kier alpha value is -2.34.